The van der Waals surface area contributed by atoms with Crippen LogP contribution in [-0.2, 0) is 12.4 Å². The molecule has 2 aliphatic rings. The van der Waals surface area contributed by atoms with E-state index in [1.807, 2.05) is 11.8 Å². The number of carbonyl (C=O) groups is 1. The molecule has 2 aromatic carbocycles. The maximum atomic E-state index is 13.6. The number of halogens is 7. The molecule has 214 valence electrons. The van der Waals surface area contributed by atoms with Crippen LogP contribution >= 0.6 is 11.8 Å². The van der Waals surface area contributed by atoms with E-state index in [9.17, 15) is 35.5 Å². The van der Waals surface area contributed by atoms with Crippen LogP contribution in [-0.4, -0.2) is 84.5 Å². The zero-order chi connectivity index (χ0) is 28.4. The molecule has 0 N–H and O–H groups in total. The molecule has 2 saturated heterocycles. The van der Waals surface area contributed by atoms with E-state index in [0.717, 1.165) is 48.1 Å². The third kappa shape index (κ3) is 7.67. The topological polar surface area (TPSA) is 26.8 Å². The molecule has 0 aliphatic carbocycles. The Balaban J connectivity index is 1.46. The lowest BCUT2D eigenvalue weighted by molar-refractivity contribution is -0.143. The van der Waals surface area contributed by atoms with Crippen LogP contribution in [0, 0.1) is 5.82 Å². The average molecular weight is 578 g/mol. The van der Waals surface area contributed by atoms with E-state index in [-0.39, 0.29) is 18.5 Å². The Morgan fingerprint density at radius 3 is 2.08 bits per heavy atom. The van der Waals surface area contributed by atoms with Gasteiger partial charge in [-0.3, -0.25) is 9.69 Å². The minimum absolute atomic E-state index is 0.00115. The first kappa shape index (κ1) is 29.7. The normalized spacial score (nSPS) is 18.6. The zero-order valence-electron chi connectivity index (χ0n) is 21.4. The Labute approximate surface area is 227 Å². The largest absolute Gasteiger partial charge is 0.416 e. The maximum Gasteiger partial charge on any atom is 0.416 e. The molecular formula is C27H30F7N3OS. The number of likely N-dealkylation sites (N-methyl/N-ethyl adjacent to an activating group) is 1. The highest BCUT2D eigenvalue weighted by molar-refractivity contribution is 7.99. The quantitative estimate of drug-likeness (QED) is 0.369. The van der Waals surface area contributed by atoms with Crippen molar-refractivity contribution in [3.8, 4) is 0 Å². The lowest BCUT2D eigenvalue weighted by Crippen LogP contribution is -2.61. The van der Waals surface area contributed by atoms with Gasteiger partial charge in [0.05, 0.1) is 11.1 Å². The molecule has 2 aromatic rings. The van der Waals surface area contributed by atoms with Crippen LogP contribution in [0.25, 0.3) is 0 Å². The molecule has 0 radical (unpaired) electrons. The van der Waals surface area contributed by atoms with Crippen molar-refractivity contribution in [1.29, 1.82) is 0 Å². The number of alkyl halides is 6. The van der Waals surface area contributed by atoms with E-state index >= 15 is 0 Å². The van der Waals surface area contributed by atoms with Gasteiger partial charge in [0.1, 0.15) is 5.82 Å². The van der Waals surface area contributed by atoms with Crippen LogP contribution in [0.5, 0.6) is 0 Å². The highest BCUT2D eigenvalue weighted by Gasteiger charge is 2.38. The summed E-state index contributed by atoms with van der Waals surface area (Å²) in [6, 6.07) is 7.16. The molecule has 1 amide bonds. The number of rotatable bonds is 8. The van der Waals surface area contributed by atoms with Gasteiger partial charge < -0.3 is 9.80 Å². The molecule has 2 heterocycles. The fraction of sp³-hybridized carbons (Fsp3) is 0.519. The van der Waals surface area contributed by atoms with Crippen molar-refractivity contribution in [3.05, 3.63) is 70.5 Å². The summed E-state index contributed by atoms with van der Waals surface area (Å²) in [5.41, 5.74) is -3.03. The average Bonchev–Trinajstić information content (AvgIpc) is 2.86. The molecule has 0 saturated carbocycles. The standard InChI is InChI=1S/C27H30F7N3OS/c1-35(25(38)20-12-21(26(29,30)31)14-22(13-20)27(32,33)34)15-19(18-2-4-23(28)5-3-18)6-7-36-16-24(17-36)37-8-10-39-11-9-37/h2-5,12-14,19,24H,6-11,15-17H2,1H3. The van der Waals surface area contributed by atoms with Crippen LogP contribution in [0.4, 0.5) is 30.7 Å². The summed E-state index contributed by atoms with van der Waals surface area (Å²) in [7, 11) is 1.35. The predicted molar refractivity (Wildman–Crippen MR) is 136 cm³/mol. The Morgan fingerprint density at radius 1 is 0.974 bits per heavy atom. The third-order valence-corrected chi connectivity index (χ3v) is 8.25. The number of carbonyl (C=O) groups excluding carboxylic acids is 1. The minimum Gasteiger partial charge on any atom is -0.341 e. The molecule has 2 fully saturated rings. The second kappa shape index (κ2) is 12.1. The van der Waals surface area contributed by atoms with E-state index in [2.05, 4.69) is 9.80 Å². The van der Waals surface area contributed by atoms with Gasteiger partial charge in [0, 0.05) is 68.8 Å². The summed E-state index contributed by atoms with van der Waals surface area (Å²) in [6.45, 7) is 4.72. The molecule has 1 atom stereocenters. The zero-order valence-corrected chi connectivity index (χ0v) is 22.2. The number of thioether (sulfide) groups is 1. The van der Waals surface area contributed by atoms with E-state index in [0.29, 0.717) is 31.1 Å². The number of hydrogen-bond donors (Lipinski definition) is 0. The molecule has 2 aliphatic heterocycles. The molecule has 1 unspecified atom stereocenters. The van der Waals surface area contributed by atoms with Crippen molar-refractivity contribution < 1.29 is 35.5 Å². The number of likely N-dealkylation sites (tertiary alicyclic amines) is 1. The van der Waals surface area contributed by atoms with Crippen molar-refractivity contribution in [2.45, 2.75) is 30.7 Å². The van der Waals surface area contributed by atoms with Gasteiger partial charge >= 0.3 is 12.4 Å². The smallest absolute Gasteiger partial charge is 0.341 e. The van der Waals surface area contributed by atoms with Crippen molar-refractivity contribution in [1.82, 2.24) is 14.7 Å². The molecule has 39 heavy (non-hydrogen) atoms. The second-order valence-corrected chi connectivity index (χ2v) is 11.3. The van der Waals surface area contributed by atoms with Crippen LogP contribution in [0.2, 0.25) is 0 Å². The van der Waals surface area contributed by atoms with Gasteiger partial charge in [0.25, 0.3) is 5.91 Å². The summed E-state index contributed by atoms with van der Waals surface area (Å²) in [4.78, 5) is 19.0. The summed E-state index contributed by atoms with van der Waals surface area (Å²) >= 11 is 1.95. The number of hydrogen-bond acceptors (Lipinski definition) is 4. The minimum atomic E-state index is -5.05. The summed E-state index contributed by atoms with van der Waals surface area (Å²) in [5, 5.41) is 0. The van der Waals surface area contributed by atoms with Crippen LogP contribution in [0.15, 0.2) is 42.5 Å². The summed E-state index contributed by atoms with van der Waals surface area (Å²) in [6.07, 6.45) is -9.51. The van der Waals surface area contributed by atoms with Crippen molar-refractivity contribution in [3.63, 3.8) is 0 Å². The first-order valence-electron chi connectivity index (χ1n) is 12.7. The monoisotopic (exact) mass is 577 g/mol. The van der Waals surface area contributed by atoms with E-state index < -0.39 is 40.8 Å². The van der Waals surface area contributed by atoms with Crippen LogP contribution < -0.4 is 0 Å². The fourth-order valence-electron chi connectivity index (χ4n) is 5.05. The molecule has 4 rings (SSSR count). The first-order chi connectivity index (χ1) is 18.3. The van der Waals surface area contributed by atoms with E-state index in [4.69, 9.17) is 0 Å². The lowest BCUT2D eigenvalue weighted by Gasteiger charge is -2.47. The van der Waals surface area contributed by atoms with Gasteiger partial charge in [-0.1, -0.05) is 12.1 Å². The highest BCUT2D eigenvalue weighted by atomic mass is 32.2. The van der Waals surface area contributed by atoms with Gasteiger partial charge in [-0.15, -0.1) is 0 Å². The van der Waals surface area contributed by atoms with Gasteiger partial charge in [0.2, 0.25) is 0 Å². The van der Waals surface area contributed by atoms with Gasteiger partial charge in [-0.05, 0) is 48.9 Å². The Morgan fingerprint density at radius 2 is 1.54 bits per heavy atom. The summed E-state index contributed by atoms with van der Waals surface area (Å²) < 4.78 is 93.3. The number of benzene rings is 2. The van der Waals surface area contributed by atoms with Gasteiger partial charge in [-0.25, -0.2) is 4.39 Å². The van der Waals surface area contributed by atoms with Crippen LogP contribution in [0.3, 0.4) is 0 Å². The maximum absolute atomic E-state index is 13.6. The number of nitrogens with zero attached hydrogens (tertiary/aromatic N) is 3. The molecule has 0 spiro atoms. The Bertz CT molecular complexity index is 1100. The predicted octanol–water partition coefficient (Wildman–Crippen LogP) is 5.84. The van der Waals surface area contributed by atoms with Crippen molar-refractivity contribution in [2.75, 3.05) is 57.8 Å². The van der Waals surface area contributed by atoms with Crippen molar-refractivity contribution in [2.24, 2.45) is 0 Å². The van der Waals surface area contributed by atoms with Crippen molar-refractivity contribution >= 4 is 17.7 Å². The highest BCUT2D eigenvalue weighted by Crippen LogP contribution is 2.36. The van der Waals surface area contributed by atoms with Crippen LogP contribution in [0.1, 0.15) is 39.4 Å². The summed E-state index contributed by atoms with van der Waals surface area (Å²) in [5.74, 6) is 0.569. The molecule has 0 bridgehead atoms. The van der Waals surface area contributed by atoms with E-state index in [1.54, 1.807) is 12.1 Å². The Hall–Kier alpha value is -2.31. The number of amides is 1. The van der Waals surface area contributed by atoms with Gasteiger partial charge in [-0.2, -0.15) is 38.1 Å². The molecule has 4 nitrogen and oxygen atoms in total. The molecule has 12 heteroatoms. The second-order valence-electron chi connectivity index (χ2n) is 10.1. The molecular weight excluding hydrogens is 547 g/mol. The first-order valence-corrected chi connectivity index (χ1v) is 13.8. The SMILES string of the molecule is CN(CC(CCN1CC(N2CCSCC2)C1)c1ccc(F)cc1)C(=O)c1cc(C(F)(F)F)cc(C(F)(F)F)c1. The molecule has 0 aromatic heterocycles. The van der Waals surface area contributed by atoms with E-state index in [1.165, 1.54) is 19.2 Å². The van der Waals surface area contributed by atoms with Gasteiger partial charge in [0.15, 0.2) is 0 Å². The third-order valence-electron chi connectivity index (χ3n) is 7.31. The lowest BCUT2D eigenvalue weighted by atomic mass is 9.93. The fourth-order valence-corrected chi connectivity index (χ4v) is 5.98. The Kier molecular flexibility index (Phi) is 9.17.